The maximum atomic E-state index is 11.7. The van der Waals surface area contributed by atoms with E-state index in [2.05, 4.69) is 15.5 Å². The summed E-state index contributed by atoms with van der Waals surface area (Å²) in [5, 5.41) is 11.3. The monoisotopic (exact) mass is 285 g/mol. The predicted molar refractivity (Wildman–Crippen MR) is 72.3 cm³/mol. The summed E-state index contributed by atoms with van der Waals surface area (Å²) in [5.41, 5.74) is 0. The van der Waals surface area contributed by atoms with Gasteiger partial charge in [-0.2, -0.15) is 0 Å². The Morgan fingerprint density at radius 1 is 1.63 bits per heavy atom. The summed E-state index contributed by atoms with van der Waals surface area (Å²) in [7, 11) is 0. The van der Waals surface area contributed by atoms with Crippen molar-refractivity contribution < 1.29 is 9.53 Å². The van der Waals surface area contributed by atoms with E-state index in [9.17, 15) is 4.79 Å². The Morgan fingerprint density at radius 2 is 2.47 bits per heavy atom. The summed E-state index contributed by atoms with van der Waals surface area (Å²) in [6, 6.07) is 0. The van der Waals surface area contributed by atoms with E-state index in [4.69, 9.17) is 10.6 Å². The molecule has 0 aliphatic carbocycles. The van der Waals surface area contributed by atoms with E-state index in [1.54, 1.807) is 0 Å². The van der Waals surface area contributed by atoms with Crippen LogP contribution >= 0.6 is 11.8 Å². The number of aryl methyl sites for hydroxylation is 1. The van der Waals surface area contributed by atoms with Crippen LogP contribution in [-0.4, -0.2) is 45.8 Å². The topological polar surface area (TPSA) is 95.1 Å². The quantitative estimate of drug-likeness (QED) is 0.562. The Bertz CT molecular complexity index is 431. The first-order valence-electron chi connectivity index (χ1n) is 6.41. The van der Waals surface area contributed by atoms with E-state index in [1.165, 1.54) is 16.4 Å². The summed E-state index contributed by atoms with van der Waals surface area (Å²) < 4.78 is 6.86. The lowest BCUT2D eigenvalue weighted by molar-refractivity contribution is -0.119. The molecule has 1 unspecified atom stereocenters. The lowest BCUT2D eigenvalue weighted by atomic mass is 10.2. The zero-order chi connectivity index (χ0) is 13.7. The number of hydrogen-bond acceptors (Lipinski definition) is 6. The van der Waals surface area contributed by atoms with Gasteiger partial charge in [0.05, 0.1) is 11.9 Å². The molecule has 0 spiro atoms. The molecule has 1 amide bonds. The van der Waals surface area contributed by atoms with Crippen molar-refractivity contribution >= 4 is 17.7 Å². The van der Waals surface area contributed by atoms with Gasteiger partial charge in [-0.25, -0.2) is 4.68 Å². The zero-order valence-electron chi connectivity index (χ0n) is 11.0. The van der Waals surface area contributed by atoms with Crippen molar-refractivity contribution in [2.45, 2.75) is 37.4 Å². The molecule has 7 nitrogen and oxygen atoms in total. The van der Waals surface area contributed by atoms with Crippen LogP contribution in [0.3, 0.4) is 0 Å². The average Bonchev–Trinajstić information content (AvgIpc) is 3.04. The average molecular weight is 285 g/mol. The van der Waals surface area contributed by atoms with Gasteiger partial charge in [-0.15, -0.1) is 10.2 Å². The van der Waals surface area contributed by atoms with Gasteiger partial charge in [-0.3, -0.25) is 4.79 Å². The van der Waals surface area contributed by atoms with Crippen LogP contribution in [0, 0.1) is 0 Å². The zero-order valence-corrected chi connectivity index (χ0v) is 11.8. The number of nitrogens with zero attached hydrogens (tertiary/aromatic N) is 3. The van der Waals surface area contributed by atoms with E-state index in [1.807, 2.05) is 6.92 Å². The Balaban J connectivity index is 1.71. The van der Waals surface area contributed by atoms with Crippen LogP contribution in [0.2, 0.25) is 0 Å². The second-order valence-corrected chi connectivity index (χ2v) is 5.29. The highest BCUT2D eigenvalue weighted by Gasteiger charge is 2.16. The fourth-order valence-electron chi connectivity index (χ4n) is 1.86. The summed E-state index contributed by atoms with van der Waals surface area (Å²) in [4.78, 5) is 11.7. The molecule has 1 saturated heterocycles. The van der Waals surface area contributed by atoms with Crippen LogP contribution < -0.4 is 11.2 Å². The number of carbonyl (C=O) groups excluding carboxylic acids is 1. The van der Waals surface area contributed by atoms with E-state index in [-0.39, 0.29) is 17.8 Å². The molecular formula is C11H19N5O2S. The molecule has 19 heavy (non-hydrogen) atoms. The van der Waals surface area contributed by atoms with Crippen molar-refractivity contribution in [1.82, 2.24) is 20.2 Å². The van der Waals surface area contributed by atoms with Gasteiger partial charge in [0.1, 0.15) is 0 Å². The number of rotatable bonds is 6. The van der Waals surface area contributed by atoms with Gasteiger partial charge < -0.3 is 15.9 Å². The highest BCUT2D eigenvalue weighted by atomic mass is 32.2. The molecule has 106 valence electrons. The van der Waals surface area contributed by atoms with Crippen LogP contribution in [0.15, 0.2) is 5.16 Å². The van der Waals surface area contributed by atoms with Crippen molar-refractivity contribution in [1.29, 1.82) is 0 Å². The minimum absolute atomic E-state index is 0.0402. The summed E-state index contributed by atoms with van der Waals surface area (Å²) in [5.74, 6) is 6.75. The molecule has 1 aliphatic rings. The van der Waals surface area contributed by atoms with Gasteiger partial charge in [0.15, 0.2) is 5.82 Å². The van der Waals surface area contributed by atoms with Crippen LogP contribution in [0.1, 0.15) is 25.6 Å². The molecule has 2 heterocycles. The largest absolute Gasteiger partial charge is 0.376 e. The van der Waals surface area contributed by atoms with E-state index in [0.717, 1.165) is 25.9 Å². The lowest BCUT2D eigenvalue weighted by Crippen LogP contribution is -2.33. The number of ether oxygens (including phenoxy) is 1. The molecule has 1 fully saturated rings. The van der Waals surface area contributed by atoms with Crippen molar-refractivity contribution in [2.24, 2.45) is 0 Å². The SMILES string of the molecule is CCc1nnc(SCC(=O)NCC2CCCO2)n1N. The minimum atomic E-state index is -0.0402. The van der Waals surface area contributed by atoms with Crippen LogP contribution in [0.4, 0.5) is 0 Å². The standard InChI is InChI=1S/C11H19N5O2S/c1-2-9-14-15-11(16(9)12)19-7-10(17)13-6-8-4-3-5-18-8/h8H,2-7,12H2,1H3,(H,13,17). The molecular weight excluding hydrogens is 266 g/mol. The maximum Gasteiger partial charge on any atom is 0.230 e. The molecule has 1 atom stereocenters. The molecule has 3 N–H and O–H groups in total. The summed E-state index contributed by atoms with van der Waals surface area (Å²) >= 11 is 1.29. The van der Waals surface area contributed by atoms with Crippen LogP contribution in [-0.2, 0) is 16.0 Å². The first-order valence-corrected chi connectivity index (χ1v) is 7.39. The van der Waals surface area contributed by atoms with Gasteiger partial charge in [0.2, 0.25) is 11.1 Å². The molecule has 0 aromatic carbocycles. The van der Waals surface area contributed by atoms with Crippen molar-refractivity contribution in [3.8, 4) is 0 Å². The van der Waals surface area contributed by atoms with E-state index < -0.39 is 0 Å². The highest BCUT2D eigenvalue weighted by Crippen LogP contribution is 2.14. The Kier molecular flexibility index (Phi) is 5.03. The Morgan fingerprint density at radius 3 is 3.11 bits per heavy atom. The lowest BCUT2D eigenvalue weighted by Gasteiger charge is -2.10. The third-order valence-electron chi connectivity index (χ3n) is 2.93. The third-order valence-corrected chi connectivity index (χ3v) is 3.88. The maximum absolute atomic E-state index is 11.7. The van der Waals surface area contributed by atoms with Gasteiger partial charge >= 0.3 is 0 Å². The van der Waals surface area contributed by atoms with Crippen LogP contribution in [0.25, 0.3) is 0 Å². The summed E-state index contributed by atoms with van der Waals surface area (Å²) in [6.07, 6.45) is 2.98. The van der Waals surface area contributed by atoms with E-state index in [0.29, 0.717) is 17.5 Å². The van der Waals surface area contributed by atoms with Crippen molar-refractivity contribution in [3.63, 3.8) is 0 Å². The van der Waals surface area contributed by atoms with Gasteiger partial charge in [-0.05, 0) is 12.8 Å². The van der Waals surface area contributed by atoms with Crippen LogP contribution in [0.5, 0.6) is 0 Å². The number of carbonyl (C=O) groups is 1. The summed E-state index contributed by atoms with van der Waals surface area (Å²) in [6.45, 7) is 3.33. The molecule has 1 aromatic rings. The third kappa shape index (κ3) is 3.84. The number of nitrogens with two attached hydrogens (primary N) is 1. The van der Waals surface area contributed by atoms with E-state index >= 15 is 0 Å². The molecule has 0 saturated carbocycles. The molecule has 8 heteroatoms. The van der Waals surface area contributed by atoms with Crippen molar-refractivity contribution in [3.05, 3.63) is 5.82 Å². The van der Waals surface area contributed by atoms with Gasteiger partial charge in [-0.1, -0.05) is 18.7 Å². The first-order chi connectivity index (χ1) is 9.20. The first kappa shape index (κ1) is 14.1. The number of nitrogens with one attached hydrogen (secondary N) is 1. The number of nitrogen functional groups attached to an aromatic ring is 1. The molecule has 1 aromatic heterocycles. The molecule has 2 rings (SSSR count). The minimum Gasteiger partial charge on any atom is -0.376 e. The number of amides is 1. The second kappa shape index (κ2) is 6.76. The normalized spacial score (nSPS) is 18.7. The molecule has 1 aliphatic heterocycles. The molecule has 0 bridgehead atoms. The second-order valence-electron chi connectivity index (χ2n) is 4.35. The van der Waals surface area contributed by atoms with Crippen molar-refractivity contribution in [2.75, 3.05) is 24.7 Å². The molecule has 0 radical (unpaired) electrons. The highest BCUT2D eigenvalue weighted by molar-refractivity contribution is 7.99. The Labute approximate surface area is 116 Å². The smallest absolute Gasteiger partial charge is 0.230 e. The number of aromatic nitrogens is 3. The van der Waals surface area contributed by atoms with Gasteiger partial charge in [0.25, 0.3) is 0 Å². The predicted octanol–water partition coefficient (Wildman–Crippen LogP) is -0.0584. The van der Waals surface area contributed by atoms with Gasteiger partial charge in [0, 0.05) is 19.6 Å². The number of thioether (sulfide) groups is 1. The fourth-order valence-corrected chi connectivity index (χ4v) is 2.57. The Hall–Kier alpha value is -1.28. The fraction of sp³-hybridized carbons (Fsp3) is 0.727. The number of hydrogen-bond donors (Lipinski definition) is 2.